The van der Waals surface area contributed by atoms with Gasteiger partial charge < -0.3 is 15.0 Å². The minimum absolute atomic E-state index is 0.301. The van der Waals surface area contributed by atoms with Gasteiger partial charge in [-0.1, -0.05) is 19.9 Å². The molecule has 1 aromatic rings. The van der Waals surface area contributed by atoms with E-state index in [1.54, 1.807) is 0 Å². The van der Waals surface area contributed by atoms with Crippen LogP contribution in [-0.4, -0.2) is 32.3 Å². The van der Waals surface area contributed by atoms with Gasteiger partial charge in [0.25, 0.3) is 0 Å². The van der Waals surface area contributed by atoms with E-state index in [2.05, 4.69) is 70.1 Å². The molecule has 0 radical (unpaired) electrons. The molecule has 0 aliphatic carbocycles. The number of aryl methyl sites for hydroxylation is 1. The van der Waals surface area contributed by atoms with E-state index in [1.807, 2.05) is 0 Å². The summed E-state index contributed by atoms with van der Waals surface area (Å²) < 4.78 is 5.60. The van der Waals surface area contributed by atoms with Gasteiger partial charge in [0, 0.05) is 31.9 Å². The lowest BCUT2D eigenvalue weighted by molar-refractivity contribution is 0.0846. The number of nitrogens with one attached hydrogen (secondary N) is 1. The third-order valence-electron chi connectivity index (χ3n) is 3.35. The van der Waals surface area contributed by atoms with E-state index in [4.69, 9.17) is 4.74 Å². The molecule has 1 aromatic carbocycles. The van der Waals surface area contributed by atoms with E-state index < -0.39 is 0 Å². The first-order chi connectivity index (χ1) is 9.40. The van der Waals surface area contributed by atoms with Crippen LogP contribution >= 0.6 is 0 Å². The Bertz CT molecular complexity index is 402. The molecule has 3 nitrogen and oxygen atoms in total. The molecule has 0 aliphatic heterocycles. The molecule has 0 saturated carbocycles. The fourth-order valence-corrected chi connectivity index (χ4v) is 1.98. The molecule has 0 atom stereocenters. The molecule has 0 amide bonds. The Morgan fingerprint density at radius 3 is 2.45 bits per heavy atom. The Balaban J connectivity index is 2.57. The molecule has 1 N–H and O–H groups in total. The van der Waals surface area contributed by atoms with E-state index in [0.717, 1.165) is 19.7 Å². The van der Waals surface area contributed by atoms with Gasteiger partial charge >= 0.3 is 0 Å². The van der Waals surface area contributed by atoms with Gasteiger partial charge in [-0.05, 0) is 44.0 Å². The second kappa shape index (κ2) is 8.28. The maximum atomic E-state index is 5.60. The van der Waals surface area contributed by atoms with Crippen LogP contribution in [0.3, 0.4) is 0 Å². The molecule has 0 spiro atoms. The largest absolute Gasteiger partial charge is 0.377 e. The van der Waals surface area contributed by atoms with Crippen LogP contribution in [0, 0.1) is 6.92 Å². The quantitative estimate of drug-likeness (QED) is 0.789. The molecule has 3 heteroatoms. The highest BCUT2D eigenvalue weighted by Crippen LogP contribution is 2.18. The van der Waals surface area contributed by atoms with Crippen LogP contribution in [0.4, 0.5) is 5.69 Å². The molecule has 0 aliphatic rings. The second-order valence-corrected chi connectivity index (χ2v) is 5.99. The van der Waals surface area contributed by atoms with Gasteiger partial charge in [-0.2, -0.15) is 0 Å². The number of likely N-dealkylation sites (N-methyl/N-ethyl adjacent to an activating group) is 1. The van der Waals surface area contributed by atoms with Crippen molar-refractivity contribution in [1.29, 1.82) is 0 Å². The molecule has 0 fully saturated rings. The summed E-state index contributed by atoms with van der Waals surface area (Å²) in [5.41, 5.74) is 3.96. The summed E-state index contributed by atoms with van der Waals surface area (Å²) >= 11 is 0. The lowest BCUT2D eigenvalue weighted by Crippen LogP contribution is -2.24. The smallest absolute Gasteiger partial charge is 0.0644 e. The van der Waals surface area contributed by atoms with Crippen LogP contribution in [0.25, 0.3) is 0 Å². The van der Waals surface area contributed by atoms with E-state index >= 15 is 0 Å². The third-order valence-corrected chi connectivity index (χ3v) is 3.35. The normalized spacial score (nSPS) is 11.4. The number of benzene rings is 1. The van der Waals surface area contributed by atoms with E-state index in [9.17, 15) is 0 Å². The highest BCUT2D eigenvalue weighted by atomic mass is 16.5. The fraction of sp³-hybridized carbons (Fsp3) is 0.647. The van der Waals surface area contributed by atoms with Gasteiger partial charge in [-0.3, -0.25) is 0 Å². The highest BCUT2D eigenvalue weighted by molar-refractivity contribution is 5.50. The third kappa shape index (κ3) is 5.93. The summed E-state index contributed by atoms with van der Waals surface area (Å²) in [6.07, 6.45) is 0.301. The van der Waals surface area contributed by atoms with Gasteiger partial charge in [0.05, 0.1) is 12.7 Å². The molecule has 0 heterocycles. The summed E-state index contributed by atoms with van der Waals surface area (Å²) in [6, 6.07) is 7.19. The molecule has 0 aromatic heterocycles. The van der Waals surface area contributed by atoms with Gasteiger partial charge in [-0.25, -0.2) is 0 Å². The number of hydrogen-bond donors (Lipinski definition) is 1. The van der Waals surface area contributed by atoms with Crippen molar-refractivity contribution in [1.82, 2.24) is 5.32 Å². The Morgan fingerprint density at radius 2 is 1.90 bits per heavy atom. The van der Waals surface area contributed by atoms with Crippen molar-refractivity contribution < 1.29 is 4.74 Å². The van der Waals surface area contributed by atoms with Crippen LogP contribution in [0.15, 0.2) is 18.2 Å². The number of nitrogens with zero attached hydrogens (tertiary/aromatic N) is 1. The monoisotopic (exact) mass is 278 g/mol. The zero-order chi connectivity index (χ0) is 15.1. The average molecular weight is 278 g/mol. The Kier molecular flexibility index (Phi) is 7.03. The minimum Gasteiger partial charge on any atom is -0.377 e. The van der Waals surface area contributed by atoms with Crippen molar-refractivity contribution in [3.63, 3.8) is 0 Å². The molecule has 20 heavy (non-hydrogen) atoms. The Labute approximate surface area is 124 Å². The van der Waals surface area contributed by atoms with Crippen molar-refractivity contribution in [2.45, 2.75) is 53.3 Å². The van der Waals surface area contributed by atoms with E-state index in [-0.39, 0.29) is 0 Å². The molecule has 1 rings (SSSR count). The maximum absolute atomic E-state index is 5.60. The predicted octanol–water partition coefficient (Wildman–Crippen LogP) is 3.35. The van der Waals surface area contributed by atoms with Gasteiger partial charge in [0.1, 0.15) is 0 Å². The first kappa shape index (κ1) is 17.0. The summed E-state index contributed by atoms with van der Waals surface area (Å²) in [7, 11) is 2.12. The molecular weight excluding hydrogens is 248 g/mol. The summed E-state index contributed by atoms with van der Waals surface area (Å²) in [5.74, 6) is 0. The highest BCUT2D eigenvalue weighted by Gasteiger charge is 2.05. The zero-order valence-corrected chi connectivity index (χ0v) is 13.9. The summed E-state index contributed by atoms with van der Waals surface area (Å²) in [6.45, 7) is 13.3. The van der Waals surface area contributed by atoms with Crippen LogP contribution in [-0.2, 0) is 11.3 Å². The van der Waals surface area contributed by atoms with Crippen LogP contribution < -0.4 is 10.2 Å². The number of ether oxygens (including phenoxy) is 1. The second-order valence-electron chi connectivity index (χ2n) is 5.99. The summed E-state index contributed by atoms with van der Waals surface area (Å²) in [4.78, 5) is 2.25. The summed E-state index contributed by atoms with van der Waals surface area (Å²) in [5, 5.41) is 3.46. The lowest BCUT2D eigenvalue weighted by atomic mass is 10.1. The number of anilines is 1. The fourth-order valence-electron chi connectivity index (χ4n) is 1.98. The number of hydrogen-bond acceptors (Lipinski definition) is 3. The molecule has 114 valence electrons. The molecule has 0 unspecified atom stereocenters. The zero-order valence-electron chi connectivity index (χ0n) is 13.9. The van der Waals surface area contributed by atoms with Crippen LogP contribution in [0.1, 0.15) is 38.8 Å². The molecular formula is C17H30N2O. The van der Waals surface area contributed by atoms with E-state index in [0.29, 0.717) is 12.1 Å². The predicted molar refractivity (Wildman–Crippen MR) is 87.5 cm³/mol. The first-order valence-corrected chi connectivity index (χ1v) is 7.55. The first-order valence-electron chi connectivity index (χ1n) is 7.55. The van der Waals surface area contributed by atoms with Gasteiger partial charge in [0.2, 0.25) is 0 Å². The maximum Gasteiger partial charge on any atom is 0.0644 e. The average Bonchev–Trinajstić information content (AvgIpc) is 2.36. The minimum atomic E-state index is 0.301. The van der Waals surface area contributed by atoms with Crippen LogP contribution in [0.5, 0.6) is 0 Å². The van der Waals surface area contributed by atoms with Crippen molar-refractivity contribution in [2.75, 3.05) is 25.1 Å². The molecule has 0 saturated heterocycles. The van der Waals surface area contributed by atoms with Crippen molar-refractivity contribution in [3.8, 4) is 0 Å². The number of rotatable bonds is 8. The van der Waals surface area contributed by atoms with Crippen LogP contribution in [0.2, 0.25) is 0 Å². The standard InChI is InChI=1S/C17H30N2O/c1-13(2)18-12-16-7-8-17(11-15(16)5)19(6)9-10-20-14(3)4/h7-8,11,13-14,18H,9-10,12H2,1-6H3. The Hall–Kier alpha value is -1.06. The van der Waals surface area contributed by atoms with Crippen molar-refractivity contribution in [3.05, 3.63) is 29.3 Å². The topological polar surface area (TPSA) is 24.5 Å². The van der Waals surface area contributed by atoms with Gasteiger partial charge in [-0.15, -0.1) is 0 Å². The van der Waals surface area contributed by atoms with Crippen molar-refractivity contribution in [2.24, 2.45) is 0 Å². The molecule has 0 bridgehead atoms. The van der Waals surface area contributed by atoms with E-state index in [1.165, 1.54) is 16.8 Å². The van der Waals surface area contributed by atoms with Crippen molar-refractivity contribution >= 4 is 5.69 Å². The SMILES string of the molecule is Cc1cc(N(C)CCOC(C)C)ccc1CNC(C)C. The Morgan fingerprint density at radius 1 is 1.20 bits per heavy atom. The van der Waals surface area contributed by atoms with Gasteiger partial charge in [0.15, 0.2) is 0 Å². The lowest BCUT2D eigenvalue weighted by Gasteiger charge is -2.21.